The van der Waals surface area contributed by atoms with Crippen molar-refractivity contribution in [3.63, 3.8) is 0 Å². The summed E-state index contributed by atoms with van der Waals surface area (Å²) in [5, 5.41) is 4.27. The summed E-state index contributed by atoms with van der Waals surface area (Å²) in [4.78, 5) is 34.3. The van der Waals surface area contributed by atoms with Crippen molar-refractivity contribution in [1.82, 2.24) is 29.5 Å². The molecule has 1 saturated heterocycles. The molecule has 1 aliphatic heterocycles. The van der Waals surface area contributed by atoms with Gasteiger partial charge in [0, 0.05) is 40.2 Å². The van der Waals surface area contributed by atoms with Crippen molar-refractivity contribution in [2.45, 2.75) is 32.9 Å². The molecule has 0 saturated carbocycles. The first-order valence-corrected chi connectivity index (χ1v) is 7.87. The molecule has 0 N–H and O–H groups in total. The van der Waals surface area contributed by atoms with Crippen LogP contribution >= 0.6 is 0 Å². The van der Waals surface area contributed by atoms with Crippen molar-refractivity contribution in [3.05, 3.63) is 11.6 Å². The lowest BCUT2D eigenvalue weighted by molar-refractivity contribution is -0.141. The van der Waals surface area contributed by atoms with E-state index in [1.807, 2.05) is 25.8 Å². The van der Waals surface area contributed by atoms with Gasteiger partial charge in [-0.15, -0.1) is 0 Å². The number of aryl methyl sites for hydroxylation is 3. The molecule has 8 heteroatoms. The fourth-order valence-electron chi connectivity index (χ4n) is 2.80. The Kier molecular flexibility index (Phi) is 5.35. The number of aromatic nitrogens is 3. The van der Waals surface area contributed by atoms with Gasteiger partial charge in [-0.25, -0.2) is 9.67 Å². The van der Waals surface area contributed by atoms with Crippen LogP contribution in [-0.4, -0.2) is 88.1 Å². The van der Waals surface area contributed by atoms with Gasteiger partial charge in [-0.3, -0.25) is 14.5 Å². The minimum Gasteiger partial charge on any atom is -0.347 e. The normalized spacial score (nSPS) is 19.0. The Morgan fingerprint density at radius 1 is 1.26 bits per heavy atom. The molecule has 8 nitrogen and oxygen atoms in total. The summed E-state index contributed by atoms with van der Waals surface area (Å²) in [6, 6.07) is -0.266. The molecule has 128 valence electrons. The zero-order valence-corrected chi connectivity index (χ0v) is 14.6. The van der Waals surface area contributed by atoms with Crippen molar-refractivity contribution in [1.29, 1.82) is 0 Å². The Bertz CT molecular complexity index is 583. The third-order valence-corrected chi connectivity index (χ3v) is 4.23. The third kappa shape index (κ3) is 4.07. The molecule has 0 aliphatic carbocycles. The Morgan fingerprint density at radius 2 is 1.96 bits per heavy atom. The summed E-state index contributed by atoms with van der Waals surface area (Å²) in [5.74, 6) is 1.62. The van der Waals surface area contributed by atoms with E-state index in [1.165, 1.54) is 0 Å². The summed E-state index contributed by atoms with van der Waals surface area (Å²) in [5.41, 5.74) is 0. The van der Waals surface area contributed by atoms with Crippen molar-refractivity contribution in [3.8, 4) is 0 Å². The van der Waals surface area contributed by atoms with Gasteiger partial charge in [-0.2, -0.15) is 5.10 Å². The molecule has 0 aromatic carbocycles. The summed E-state index contributed by atoms with van der Waals surface area (Å²) >= 11 is 0. The maximum Gasteiger partial charge on any atom is 0.241 e. The Morgan fingerprint density at radius 3 is 2.52 bits per heavy atom. The highest BCUT2D eigenvalue weighted by molar-refractivity contribution is 5.83. The molecule has 1 aromatic rings. The largest absolute Gasteiger partial charge is 0.347 e. The van der Waals surface area contributed by atoms with Gasteiger partial charge in [0.25, 0.3) is 0 Å². The Hall–Kier alpha value is -1.96. The number of carbonyl (C=O) groups excluding carboxylic acids is 2. The average molecular weight is 322 g/mol. The van der Waals surface area contributed by atoms with Crippen LogP contribution in [0.2, 0.25) is 0 Å². The van der Waals surface area contributed by atoms with Gasteiger partial charge in [-0.05, 0) is 20.9 Å². The van der Waals surface area contributed by atoms with Crippen LogP contribution in [0, 0.1) is 13.8 Å². The van der Waals surface area contributed by atoms with Crippen molar-refractivity contribution >= 4 is 11.8 Å². The molecular weight excluding hydrogens is 296 g/mol. The van der Waals surface area contributed by atoms with Gasteiger partial charge >= 0.3 is 0 Å². The molecule has 0 spiro atoms. The van der Waals surface area contributed by atoms with Crippen LogP contribution in [0.5, 0.6) is 0 Å². The number of hydrogen-bond donors (Lipinski definition) is 0. The fourth-order valence-corrected chi connectivity index (χ4v) is 2.80. The lowest BCUT2D eigenvalue weighted by Crippen LogP contribution is -2.58. The second-order valence-electron chi connectivity index (χ2n) is 6.25. The van der Waals surface area contributed by atoms with E-state index in [0.29, 0.717) is 38.4 Å². The summed E-state index contributed by atoms with van der Waals surface area (Å²) in [7, 11) is 5.41. The lowest BCUT2D eigenvalue weighted by Gasteiger charge is -2.39. The summed E-state index contributed by atoms with van der Waals surface area (Å²) in [6.45, 7) is 6.04. The minimum absolute atomic E-state index is 0.0349. The van der Waals surface area contributed by atoms with Crippen LogP contribution < -0.4 is 0 Å². The molecule has 1 fully saturated rings. The first kappa shape index (κ1) is 17.4. The number of likely N-dealkylation sites (N-methyl/N-ethyl adjacent to an activating group) is 2. The highest BCUT2D eigenvalue weighted by atomic mass is 16.2. The van der Waals surface area contributed by atoms with Gasteiger partial charge in [0.05, 0.1) is 6.54 Å². The second-order valence-corrected chi connectivity index (χ2v) is 6.25. The van der Waals surface area contributed by atoms with Crippen LogP contribution in [0.4, 0.5) is 0 Å². The van der Waals surface area contributed by atoms with Gasteiger partial charge in [-0.1, -0.05) is 0 Å². The predicted octanol–water partition coefficient (Wildman–Crippen LogP) is -0.484. The SMILES string of the molecule is Cc1nc(C)n(CCC(=O)N2CCN(C)[C@H](C(=O)N(C)C)C2)n1. The maximum atomic E-state index is 12.5. The maximum absolute atomic E-state index is 12.5. The topological polar surface area (TPSA) is 74.6 Å². The van der Waals surface area contributed by atoms with Crippen LogP contribution in [0.1, 0.15) is 18.1 Å². The zero-order chi connectivity index (χ0) is 17.1. The number of carbonyl (C=O) groups is 2. The first-order chi connectivity index (χ1) is 10.8. The molecule has 2 rings (SSSR count). The van der Waals surface area contributed by atoms with E-state index in [4.69, 9.17) is 0 Å². The van der Waals surface area contributed by atoms with Gasteiger partial charge in [0.1, 0.15) is 17.7 Å². The highest BCUT2D eigenvalue weighted by Crippen LogP contribution is 2.11. The van der Waals surface area contributed by atoms with Crippen molar-refractivity contribution in [2.75, 3.05) is 40.8 Å². The van der Waals surface area contributed by atoms with E-state index >= 15 is 0 Å². The van der Waals surface area contributed by atoms with E-state index in [-0.39, 0.29) is 17.9 Å². The molecule has 1 aromatic heterocycles. The first-order valence-electron chi connectivity index (χ1n) is 7.87. The number of hydrogen-bond acceptors (Lipinski definition) is 5. The number of amides is 2. The van der Waals surface area contributed by atoms with Crippen molar-refractivity contribution < 1.29 is 9.59 Å². The number of nitrogens with zero attached hydrogens (tertiary/aromatic N) is 6. The molecule has 0 radical (unpaired) electrons. The molecule has 0 unspecified atom stereocenters. The van der Waals surface area contributed by atoms with Gasteiger partial charge < -0.3 is 9.80 Å². The monoisotopic (exact) mass is 322 g/mol. The molecular formula is C15H26N6O2. The molecule has 2 amide bonds. The van der Waals surface area contributed by atoms with Crippen molar-refractivity contribution in [2.24, 2.45) is 0 Å². The quantitative estimate of drug-likeness (QED) is 0.748. The standard InChI is InChI=1S/C15H26N6O2/c1-11-16-12(2)21(17-11)7-6-14(22)20-9-8-19(5)13(10-20)15(23)18(3)4/h13H,6-10H2,1-5H3/t13-/m0/s1. The third-order valence-electron chi connectivity index (χ3n) is 4.23. The van der Waals surface area contributed by atoms with Crippen LogP contribution in [-0.2, 0) is 16.1 Å². The highest BCUT2D eigenvalue weighted by Gasteiger charge is 2.32. The van der Waals surface area contributed by atoms with E-state index < -0.39 is 0 Å². The molecule has 0 bridgehead atoms. The Labute approximate surface area is 137 Å². The number of rotatable bonds is 4. The summed E-state index contributed by atoms with van der Waals surface area (Å²) in [6.07, 6.45) is 0.371. The second kappa shape index (κ2) is 7.08. The van der Waals surface area contributed by atoms with Crippen LogP contribution in [0.25, 0.3) is 0 Å². The van der Waals surface area contributed by atoms with Crippen LogP contribution in [0.3, 0.4) is 0 Å². The van der Waals surface area contributed by atoms with E-state index in [9.17, 15) is 9.59 Å². The average Bonchev–Trinajstić information content (AvgIpc) is 2.82. The molecule has 1 atom stereocenters. The summed E-state index contributed by atoms with van der Waals surface area (Å²) < 4.78 is 1.76. The molecule has 2 heterocycles. The molecule has 23 heavy (non-hydrogen) atoms. The lowest BCUT2D eigenvalue weighted by atomic mass is 10.1. The van der Waals surface area contributed by atoms with Gasteiger partial charge in [0.2, 0.25) is 11.8 Å². The van der Waals surface area contributed by atoms with E-state index in [0.717, 1.165) is 5.82 Å². The minimum atomic E-state index is -0.266. The smallest absolute Gasteiger partial charge is 0.241 e. The molecule has 1 aliphatic rings. The Balaban J connectivity index is 1.94. The predicted molar refractivity (Wildman–Crippen MR) is 85.8 cm³/mol. The van der Waals surface area contributed by atoms with Crippen LogP contribution in [0.15, 0.2) is 0 Å². The van der Waals surface area contributed by atoms with E-state index in [1.54, 1.807) is 28.6 Å². The number of piperazine rings is 1. The van der Waals surface area contributed by atoms with E-state index in [2.05, 4.69) is 10.1 Å². The van der Waals surface area contributed by atoms with Gasteiger partial charge in [0.15, 0.2) is 0 Å². The fraction of sp³-hybridized carbons (Fsp3) is 0.733. The zero-order valence-electron chi connectivity index (χ0n) is 14.6.